The van der Waals surface area contributed by atoms with Gasteiger partial charge in [0.2, 0.25) is 17.7 Å². The average molecular weight is 702 g/mol. The van der Waals surface area contributed by atoms with Crippen LogP contribution in [-0.4, -0.2) is 73.1 Å². The number of aromatic nitrogens is 2. The fraction of sp³-hybridized carbons (Fsp3) is 0.351. The zero-order chi connectivity index (χ0) is 34.1. The Morgan fingerprint density at radius 1 is 0.959 bits per heavy atom. The number of carbonyl (C=O) groups excluding carboxylic acids is 2. The number of ether oxygens (including phenoxy) is 2. The number of carbonyl (C=O) groups is 2. The third-order valence-corrected chi connectivity index (χ3v) is 10.4. The summed E-state index contributed by atoms with van der Waals surface area (Å²) in [6.45, 7) is 4.49. The highest BCUT2D eigenvalue weighted by Crippen LogP contribution is 2.43. The lowest BCUT2D eigenvalue weighted by Crippen LogP contribution is -2.56. The van der Waals surface area contributed by atoms with Crippen molar-refractivity contribution in [2.75, 3.05) is 40.4 Å². The van der Waals surface area contributed by atoms with E-state index in [1.807, 2.05) is 48.5 Å². The maximum absolute atomic E-state index is 11.7. The van der Waals surface area contributed by atoms with Gasteiger partial charge in [-0.3, -0.25) is 19.5 Å². The number of benzene rings is 2. The van der Waals surface area contributed by atoms with Gasteiger partial charge in [-0.25, -0.2) is 4.98 Å². The van der Waals surface area contributed by atoms with Gasteiger partial charge in [-0.15, -0.1) is 0 Å². The van der Waals surface area contributed by atoms with Gasteiger partial charge in [-0.2, -0.15) is 0 Å². The van der Waals surface area contributed by atoms with Gasteiger partial charge < -0.3 is 25.4 Å². The Hall–Kier alpha value is -4.22. The Balaban J connectivity index is 1.10. The molecule has 5 heterocycles. The first-order valence-corrected chi connectivity index (χ1v) is 17.2. The second kappa shape index (κ2) is 14.0. The van der Waals surface area contributed by atoms with E-state index >= 15 is 0 Å². The first-order chi connectivity index (χ1) is 23.8. The number of hydrogen-bond donors (Lipinski definition) is 3. The van der Waals surface area contributed by atoms with Crippen molar-refractivity contribution in [3.05, 3.63) is 82.0 Å². The molecule has 2 amide bonds. The molecule has 3 aliphatic heterocycles. The van der Waals surface area contributed by atoms with E-state index < -0.39 is 0 Å². The van der Waals surface area contributed by atoms with Gasteiger partial charge in [0.05, 0.1) is 35.7 Å². The van der Waals surface area contributed by atoms with E-state index in [0.29, 0.717) is 53.2 Å². The van der Waals surface area contributed by atoms with Gasteiger partial charge >= 0.3 is 0 Å². The first kappa shape index (κ1) is 33.3. The summed E-state index contributed by atoms with van der Waals surface area (Å²) >= 11 is 14.2. The highest BCUT2D eigenvalue weighted by atomic mass is 35.5. The van der Waals surface area contributed by atoms with E-state index in [-0.39, 0.29) is 23.3 Å². The summed E-state index contributed by atoms with van der Waals surface area (Å²) in [5, 5.41) is 10.3. The number of rotatable bonds is 11. The largest absolute Gasteiger partial charge is 0.496 e. The van der Waals surface area contributed by atoms with Gasteiger partial charge in [-0.05, 0) is 24.6 Å². The van der Waals surface area contributed by atoms with Gasteiger partial charge in [0.1, 0.15) is 5.75 Å². The molecular weight excluding hydrogens is 663 g/mol. The molecule has 2 aromatic carbocycles. The van der Waals surface area contributed by atoms with Gasteiger partial charge in [0.25, 0.3) is 0 Å². The number of nitrogens with one attached hydrogen (secondary N) is 3. The predicted octanol–water partition coefficient (Wildman–Crippen LogP) is 5.49. The molecule has 254 valence electrons. The molecule has 1 spiro atoms. The van der Waals surface area contributed by atoms with Crippen molar-refractivity contribution in [1.82, 2.24) is 30.8 Å². The first-order valence-electron chi connectivity index (χ1n) is 16.4. The van der Waals surface area contributed by atoms with Gasteiger partial charge in [-0.1, -0.05) is 59.6 Å². The summed E-state index contributed by atoms with van der Waals surface area (Å²) in [6, 6.07) is 17.7. The summed E-state index contributed by atoms with van der Waals surface area (Å²) in [7, 11) is 3.27. The Labute approximate surface area is 295 Å². The number of halogens is 2. The predicted molar refractivity (Wildman–Crippen MR) is 190 cm³/mol. The number of pyridine rings is 2. The van der Waals surface area contributed by atoms with Crippen LogP contribution in [0.25, 0.3) is 33.6 Å². The molecule has 2 aromatic heterocycles. The maximum Gasteiger partial charge on any atom is 0.220 e. The lowest BCUT2D eigenvalue weighted by atomic mass is 9.79. The molecule has 3 fully saturated rings. The Kier molecular flexibility index (Phi) is 9.48. The molecule has 0 unspecified atom stereocenters. The fourth-order valence-electron chi connectivity index (χ4n) is 7.19. The molecule has 3 saturated heterocycles. The lowest BCUT2D eigenvalue weighted by molar-refractivity contribution is -0.121. The maximum atomic E-state index is 11.7. The summed E-state index contributed by atoms with van der Waals surface area (Å²) in [5.74, 6) is 1.50. The molecule has 12 heteroatoms. The minimum Gasteiger partial charge on any atom is -0.496 e. The van der Waals surface area contributed by atoms with Gasteiger partial charge in [0.15, 0.2) is 0 Å². The van der Waals surface area contributed by atoms with Crippen molar-refractivity contribution in [2.45, 2.75) is 38.4 Å². The van der Waals surface area contributed by atoms with E-state index in [2.05, 4.69) is 31.9 Å². The normalized spacial score (nSPS) is 18.3. The third kappa shape index (κ3) is 6.83. The quantitative estimate of drug-likeness (QED) is 0.188. The molecule has 4 aromatic rings. The number of nitrogens with zero attached hydrogens (tertiary/aromatic N) is 3. The minimum atomic E-state index is 0.0699. The molecular formula is C37H38Cl2N6O4. The highest BCUT2D eigenvalue weighted by molar-refractivity contribution is 6.39. The van der Waals surface area contributed by atoms with Crippen molar-refractivity contribution in [3.63, 3.8) is 0 Å². The monoisotopic (exact) mass is 700 g/mol. The van der Waals surface area contributed by atoms with Crippen LogP contribution in [0.5, 0.6) is 11.6 Å². The van der Waals surface area contributed by atoms with Crippen LogP contribution in [0.2, 0.25) is 10.0 Å². The molecule has 0 aliphatic carbocycles. The molecule has 3 N–H and O–H groups in total. The standard InChI is InChI=1S/C37H38Cl2N6O4/c1-48-30-14-22(6-7-24(30)18-45-20-37(21-45)15-32(47)42-19-37)35-34(39)27(12-13-41-35)26-4-3-5-28(33(26)38)29-10-8-23(36(44-29)49-2)16-40-17-25-9-11-31(46)43-25/h3-8,10,12-14,25,40H,9,11,15-21H2,1-2H3,(H,42,47)(H,43,46)/t25-/m1/s1. The number of methoxy groups -OCH3 is 2. The van der Waals surface area contributed by atoms with Crippen LogP contribution in [0.15, 0.2) is 60.8 Å². The summed E-state index contributed by atoms with van der Waals surface area (Å²) in [4.78, 5) is 35.0. The van der Waals surface area contributed by atoms with E-state index in [4.69, 9.17) is 37.7 Å². The molecule has 49 heavy (non-hydrogen) atoms. The summed E-state index contributed by atoms with van der Waals surface area (Å²) in [5.41, 5.74) is 6.42. The second-order valence-corrected chi connectivity index (χ2v) is 13.9. The van der Waals surface area contributed by atoms with Crippen molar-refractivity contribution < 1.29 is 19.1 Å². The van der Waals surface area contributed by atoms with Crippen LogP contribution in [0, 0.1) is 5.41 Å². The summed E-state index contributed by atoms with van der Waals surface area (Å²) < 4.78 is 11.5. The minimum absolute atomic E-state index is 0.0699. The number of amides is 2. The SMILES string of the molecule is COc1cc(-c2nccc(-c3cccc(-c4ccc(CNC[C@H]5CCC(=O)N5)c(OC)n4)c3Cl)c2Cl)ccc1CN1CC2(CNC(=O)C2)C1. The van der Waals surface area contributed by atoms with Crippen LogP contribution in [0.4, 0.5) is 0 Å². The Morgan fingerprint density at radius 2 is 1.76 bits per heavy atom. The van der Waals surface area contributed by atoms with E-state index in [9.17, 15) is 9.59 Å². The van der Waals surface area contributed by atoms with Crippen LogP contribution in [0.3, 0.4) is 0 Å². The number of hydrogen-bond acceptors (Lipinski definition) is 8. The van der Waals surface area contributed by atoms with Crippen molar-refractivity contribution in [1.29, 1.82) is 0 Å². The second-order valence-electron chi connectivity index (χ2n) is 13.1. The number of likely N-dealkylation sites (tertiary alicyclic amines) is 1. The van der Waals surface area contributed by atoms with Crippen molar-refractivity contribution >= 4 is 35.0 Å². The van der Waals surface area contributed by atoms with Crippen LogP contribution in [-0.2, 0) is 22.7 Å². The van der Waals surface area contributed by atoms with Crippen LogP contribution >= 0.6 is 23.2 Å². The Bertz CT molecular complexity index is 1910. The zero-order valence-electron chi connectivity index (χ0n) is 27.4. The molecule has 10 nitrogen and oxygen atoms in total. The van der Waals surface area contributed by atoms with Crippen LogP contribution < -0.4 is 25.4 Å². The van der Waals surface area contributed by atoms with E-state index in [1.54, 1.807) is 20.4 Å². The zero-order valence-corrected chi connectivity index (χ0v) is 29.0. The van der Waals surface area contributed by atoms with E-state index in [0.717, 1.165) is 71.7 Å². The molecule has 1 atom stereocenters. The Morgan fingerprint density at radius 3 is 2.49 bits per heavy atom. The topological polar surface area (TPSA) is 118 Å². The summed E-state index contributed by atoms with van der Waals surface area (Å²) in [6.07, 6.45) is 3.74. The lowest BCUT2D eigenvalue weighted by Gasteiger charge is -2.47. The molecule has 3 aliphatic rings. The van der Waals surface area contributed by atoms with Crippen molar-refractivity contribution in [3.8, 4) is 45.3 Å². The van der Waals surface area contributed by atoms with Gasteiger partial charge in [0, 0.05) is 103 Å². The van der Waals surface area contributed by atoms with Crippen LogP contribution in [0.1, 0.15) is 30.4 Å². The third-order valence-electron chi connectivity index (χ3n) is 9.65. The highest BCUT2D eigenvalue weighted by Gasteiger charge is 2.47. The molecule has 0 bridgehead atoms. The smallest absolute Gasteiger partial charge is 0.220 e. The fourth-order valence-corrected chi connectivity index (χ4v) is 7.83. The molecule has 7 rings (SSSR count). The van der Waals surface area contributed by atoms with Crippen molar-refractivity contribution in [2.24, 2.45) is 5.41 Å². The van der Waals surface area contributed by atoms with E-state index in [1.165, 1.54) is 0 Å². The molecule has 0 saturated carbocycles. The average Bonchev–Trinajstić information content (AvgIpc) is 3.70. The molecule has 0 radical (unpaired) electrons.